The second-order valence-corrected chi connectivity index (χ2v) is 10.6. The first-order chi connectivity index (χ1) is 21.0. The van der Waals surface area contributed by atoms with Gasteiger partial charge in [-0.1, -0.05) is 24.3 Å². The van der Waals surface area contributed by atoms with Crippen LogP contribution in [0.2, 0.25) is 0 Å². The molecule has 0 N–H and O–H groups in total. The second-order valence-electron chi connectivity index (χ2n) is 9.51. The molecule has 5 rings (SSSR count). The van der Waals surface area contributed by atoms with E-state index in [1.807, 2.05) is 12.1 Å². The summed E-state index contributed by atoms with van der Waals surface area (Å²) in [5.41, 5.74) is -2.25. The number of halogens is 3. The number of fused-ring (bicyclic) bond motifs is 1. The molecule has 1 unspecified atom stereocenters. The van der Waals surface area contributed by atoms with E-state index >= 15 is 0 Å². The number of ether oxygens (including phenoxy) is 2. The predicted molar refractivity (Wildman–Crippen MR) is 152 cm³/mol. The fourth-order valence-corrected chi connectivity index (χ4v) is 5.73. The largest absolute Gasteiger partial charge is 0.481 e. The number of carbonyl (C=O) groups excluding carboxylic acids is 1. The zero-order valence-corrected chi connectivity index (χ0v) is 23.8. The van der Waals surface area contributed by atoms with Crippen molar-refractivity contribution >= 4 is 33.1 Å². The van der Waals surface area contributed by atoms with Crippen LogP contribution in [0.5, 0.6) is 5.88 Å². The zero-order chi connectivity index (χ0) is 31.6. The first kappa shape index (κ1) is 30.1. The molecule has 0 saturated carbocycles. The molecule has 0 aliphatic rings. The molecule has 3 aromatic heterocycles. The molecule has 11 nitrogen and oxygen atoms in total. The lowest BCUT2D eigenvalue weighted by Gasteiger charge is -2.32. The number of alkyl halides is 3. The van der Waals surface area contributed by atoms with Crippen molar-refractivity contribution in [2.24, 2.45) is 0 Å². The molecule has 224 valence electrons. The molecular formula is C29H21F3N6O5S. The lowest BCUT2D eigenvalue weighted by Crippen LogP contribution is -2.46. The number of nitrogens with zero attached hydrogens (tertiary/aromatic N) is 6. The molecule has 44 heavy (non-hydrogen) atoms. The lowest BCUT2D eigenvalue weighted by molar-refractivity contribution is -0.384. The van der Waals surface area contributed by atoms with Crippen LogP contribution in [0.3, 0.4) is 0 Å². The fourth-order valence-electron chi connectivity index (χ4n) is 4.65. The molecule has 0 saturated heterocycles. The molecule has 0 aliphatic heterocycles. The Bertz CT molecular complexity index is 1900. The van der Waals surface area contributed by atoms with Crippen LogP contribution < -0.4 is 4.74 Å². The predicted octanol–water partition coefficient (Wildman–Crippen LogP) is 6.42. The number of nitriles is 1. The molecule has 2 aromatic carbocycles. The van der Waals surface area contributed by atoms with Gasteiger partial charge in [-0.3, -0.25) is 10.1 Å². The smallest absolute Gasteiger partial charge is 0.434 e. The number of benzene rings is 2. The van der Waals surface area contributed by atoms with Gasteiger partial charge >= 0.3 is 12.1 Å². The van der Waals surface area contributed by atoms with Crippen LogP contribution in [0.1, 0.15) is 39.8 Å². The van der Waals surface area contributed by atoms with Gasteiger partial charge in [0.25, 0.3) is 11.3 Å². The number of carbonyl (C=O) groups is 1. The minimum Gasteiger partial charge on any atom is -0.481 e. The van der Waals surface area contributed by atoms with Gasteiger partial charge in [-0.25, -0.2) is 14.5 Å². The average Bonchev–Trinajstić information content (AvgIpc) is 3.63. The van der Waals surface area contributed by atoms with Crippen LogP contribution in [0.15, 0.2) is 67.0 Å². The van der Waals surface area contributed by atoms with Crippen molar-refractivity contribution in [3.05, 3.63) is 98.8 Å². The molecule has 0 bridgehead atoms. The van der Waals surface area contributed by atoms with E-state index in [2.05, 4.69) is 21.4 Å². The van der Waals surface area contributed by atoms with Gasteiger partial charge < -0.3 is 9.47 Å². The Labute approximate surface area is 251 Å². The molecule has 1 atom stereocenters. The van der Waals surface area contributed by atoms with E-state index in [-0.39, 0.29) is 17.8 Å². The maximum absolute atomic E-state index is 14.5. The number of aromatic nitrogens is 4. The van der Waals surface area contributed by atoms with E-state index < -0.39 is 34.8 Å². The Kier molecular flexibility index (Phi) is 8.03. The molecule has 0 amide bonds. The van der Waals surface area contributed by atoms with Crippen molar-refractivity contribution in [1.29, 1.82) is 5.26 Å². The van der Waals surface area contributed by atoms with Crippen LogP contribution in [-0.2, 0) is 16.9 Å². The highest BCUT2D eigenvalue weighted by atomic mass is 32.1. The van der Waals surface area contributed by atoms with Crippen LogP contribution in [0, 0.1) is 21.4 Å². The topological polar surface area (TPSA) is 146 Å². The van der Waals surface area contributed by atoms with E-state index in [0.29, 0.717) is 21.9 Å². The number of thiophene rings is 1. The number of nitro groups is 1. The number of rotatable bonds is 9. The number of non-ortho nitro benzene ring substituents is 1. The summed E-state index contributed by atoms with van der Waals surface area (Å²) < 4.78 is 55.6. The van der Waals surface area contributed by atoms with Crippen molar-refractivity contribution < 1.29 is 32.4 Å². The summed E-state index contributed by atoms with van der Waals surface area (Å²) in [5, 5.41) is 29.0. The van der Waals surface area contributed by atoms with Crippen LogP contribution in [0.4, 0.5) is 18.9 Å². The van der Waals surface area contributed by atoms with Crippen molar-refractivity contribution in [3.8, 4) is 23.1 Å². The van der Waals surface area contributed by atoms with Crippen LogP contribution >= 0.6 is 11.3 Å². The van der Waals surface area contributed by atoms with E-state index in [1.165, 1.54) is 30.1 Å². The number of esters is 1. The van der Waals surface area contributed by atoms with Gasteiger partial charge in [-0.15, -0.1) is 16.4 Å². The van der Waals surface area contributed by atoms with E-state index in [0.717, 1.165) is 46.1 Å². The minimum absolute atomic E-state index is 0.0378. The second kappa shape index (κ2) is 11.7. The summed E-state index contributed by atoms with van der Waals surface area (Å²) in [6.07, 6.45) is -3.08. The third kappa shape index (κ3) is 5.54. The lowest BCUT2D eigenvalue weighted by atomic mass is 9.95. The first-order valence-corrected chi connectivity index (χ1v) is 13.7. The van der Waals surface area contributed by atoms with E-state index in [9.17, 15) is 33.3 Å². The van der Waals surface area contributed by atoms with Crippen molar-refractivity contribution in [2.45, 2.75) is 31.7 Å². The summed E-state index contributed by atoms with van der Waals surface area (Å²) in [6, 6.07) is 15.1. The molecule has 3 heterocycles. The maximum Gasteiger partial charge on any atom is 0.434 e. The summed E-state index contributed by atoms with van der Waals surface area (Å²) in [6.45, 7) is 1.24. The highest BCUT2D eigenvalue weighted by Crippen LogP contribution is 2.45. The maximum atomic E-state index is 14.5. The van der Waals surface area contributed by atoms with Gasteiger partial charge in [0, 0.05) is 45.6 Å². The molecule has 0 spiro atoms. The van der Waals surface area contributed by atoms with Crippen molar-refractivity contribution in [3.63, 3.8) is 0 Å². The molecule has 0 fully saturated rings. The highest BCUT2D eigenvalue weighted by molar-refractivity contribution is 7.20. The quantitative estimate of drug-likeness (QED) is 0.103. The molecule has 5 aromatic rings. The van der Waals surface area contributed by atoms with Gasteiger partial charge in [-0.2, -0.15) is 18.4 Å². The summed E-state index contributed by atoms with van der Waals surface area (Å²) in [7, 11) is 1.50. The van der Waals surface area contributed by atoms with Gasteiger partial charge in [-0.05, 0) is 36.2 Å². The number of nitro benzene ring substituents is 1. The Morgan fingerprint density at radius 1 is 1.16 bits per heavy atom. The SMILES string of the molecule is CCC(OC(=O)c1ccc([N+](=O)[O-])cc1)(c1cn(Cc2ccc3c(-c4ccc(OC)nc4)c(C#N)sc3c2)nn1)C(F)(F)F. The normalized spacial score (nSPS) is 12.8. The van der Waals surface area contributed by atoms with Crippen LogP contribution in [-0.4, -0.2) is 44.2 Å². The molecule has 0 radical (unpaired) electrons. The van der Waals surface area contributed by atoms with Gasteiger partial charge in [0.2, 0.25) is 5.88 Å². The Balaban J connectivity index is 1.43. The molecule has 0 aliphatic carbocycles. The number of hydrogen-bond acceptors (Lipinski definition) is 10. The summed E-state index contributed by atoms with van der Waals surface area (Å²) in [5.74, 6) is -0.895. The first-order valence-electron chi connectivity index (χ1n) is 12.9. The number of pyridine rings is 1. The van der Waals surface area contributed by atoms with Gasteiger partial charge in [0.15, 0.2) is 0 Å². The van der Waals surface area contributed by atoms with Crippen LogP contribution in [0.25, 0.3) is 21.2 Å². The third-order valence-corrected chi connectivity index (χ3v) is 7.98. The van der Waals surface area contributed by atoms with E-state index in [1.54, 1.807) is 24.4 Å². The highest BCUT2D eigenvalue weighted by Gasteiger charge is 2.60. The fraction of sp³-hybridized carbons (Fsp3) is 0.207. The molecule has 15 heteroatoms. The Morgan fingerprint density at radius 3 is 2.50 bits per heavy atom. The van der Waals surface area contributed by atoms with Gasteiger partial charge in [0.05, 0.1) is 30.3 Å². The van der Waals surface area contributed by atoms with Crippen molar-refractivity contribution in [1.82, 2.24) is 20.0 Å². The standard InChI is InChI=1S/C29H21F3N6O5S/c1-3-28(29(30,31)32,43-27(39)18-5-8-20(9-6-18)38(40)41)24-16-37(36-35-24)15-17-4-10-21-22(12-17)44-23(13-33)26(21)19-7-11-25(42-2)34-14-19/h4-12,14,16H,3,15H2,1-2H3. The molecular weight excluding hydrogens is 601 g/mol. The average molecular weight is 623 g/mol. The van der Waals surface area contributed by atoms with Crippen molar-refractivity contribution in [2.75, 3.05) is 7.11 Å². The minimum atomic E-state index is -5.06. The monoisotopic (exact) mass is 622 g/mol. The number of methoxy groups -OCH3 is 1. The summed E-state index contributed by atoms with van der Waals surface area (Å²) >= 11 is 1.27. The van der Waals surface area contributed by atoms with E-state index in [4.69, 9.17) is 9.47 Å². The van der Waals surface area contributed by atoms with Gasteiger partial charge in [0.1, 0.15) is 16.6 Å². The Hall–Kier alpha value is -5.36. The Morgan fingerprint density at radius 2 is 1.91 bits per heavy atom. The number of hydrogen-bond donors (Lipinski definition) is 0. The third-order valence-electron chi connectivity index (χ3n) is 6.92. The summed E-state index contributed by atoms with van der Waals surface area (Å²) in [4.78, 5) is 27.6. The zero-order valence-electron chi connectivity index (χ0n) is 23.0.